The van der Waals surface area contributed by atoms with E-state index in [0.717, 1.165) is 11.6 Å². The van der Waals surface area contributed by atoms with E-state index < -0.39 is 27.6 Å². The number of hydrogen-bond acceptors (Lipinski definition) is 3. The summed E-state index contributed by atoms with van der Waals surface area (Å²) in [6, 6.07) is 11.3. The van der Waals surface area contributed by atoms with Crippen LogP contribution in [-0.2, 0) is 14.8 Å². The number of sulfonamides is 1. The van der Waals surface area contributed by atoms with Crippen LogP contribution in [0.1, 0.15) is 5.56 Å². The normalized spacial score (nSPS) is 11.2. The summed E-state index contributed by atoms with van der Waals surface area (Å²) < 4.78 is 40.0. The van der Waals surface area contributed by atoms with Gasteiger partial charge in [0.1, 0.15) is 12.4 Å². The van der Waals surface area contributed by atoms with Crippen LogP contribution in [0.25, 0.3) is 0 Å². The van der Waals surface area contributed by atoms with Gasteiger partial charge in [0.25, 0.3) is 10.0 Å². The summed E-state index contributed by atoms with van der Waals surface area (Å²) in [6.45, 7) is 1.16. The molecule has 0 aliphatic heterocycles. The van der Waals surface area contributed by atoms with Crippen molar-refractivity contribution < 1.29 is 17.6 Å². The van der Waals surface area contributed by atoms with Gasteiger partial charge in [-0.3, -0.25) is 9.10 Å². The van der Waals surface area contributed by atoms with E-state index in [1.165, 1.54) is 30.3 Å². The zero-order valence-corrected chi connectivity index (χ0v) is 13.2. The highest BCUT2D eigenvalue weighted by Gasteiger charge is 2.28. The van der Waals surface area contributed by atoms with E-state index in [2.05, 4.69) is 0 Å². The third-order valence-corrected chi connectivity index (χ3v) is 4.89. The van der Waals surface area contributed by atoms with E-state index in [1.807, 2.05) is 6.92 Å². The number of carbonyl (C=O) groups excluding carboxylic acids is 1. The molecule has 2 aromatic carbocycles. The van der Waals surface area contributed by atoms with E-state index in [-0.39, 0.29) is 10.6 Å². The minimum atomic E-state index is -4.10. The third-order valence-electron chi connectivity index (χ3n) is 3.00. The molecule has 0 bridgehead atoms. The Hall–Kier alpha value is -1.92. The molecule has 0 aliphatic rings. The topological polar surface area (TPSA) is 54.5 Å². The highest BCUT2D eigenvalue weighted by molar-refractivity contribution is 7.92. The van der Waals surface area contributed by atoms with Crippen LogP contribution in [0.2, 0.25) is 0 Å². The van der Waals surface area contributed by atoms with E-state index >= 15 is 0 Å². The molecule has 22 heavy (non-hydrogen) atoms. The highest BCUT2D eigenvalue weighted by atomic mass is 35.5. The zero-order valence-electron chi connectivity index (χ0n) is 11.7. The number of aryl methyl sites for hydroxylation is 1. The van der Waals surface area contributed by atoms with Crippen LogP contribution in [0, 0.1) is 12.7 Å². The second-order valence-corrected chi connectivity index (χ2v) is 6.92. The van der Waals surface area contributed by atoms with Gasteiger partial charge in [0, 0.05) is 0 Å². The number of benzene rings is 2. The maximum absolute atomic E-state index is 13.9. The number of carbonyl (C=O) groups is 1. The predicted molar refractivity (Wildman–Crippen MR) is 83.0 cm³/mol. The molecule has 0 saturated heterocycles. The van der Waals surface area contributed by atoms with E-state index in [1.54, 1.807) is 12.1 Å². The molecule has 4 nitrogen and oxygen atoms in total. The second kappa shape index (κ2) is 6.46. The standard InChI is InChI=1S/C15H13ClFNO3S/c1-11-6-8-12(9-7-11)22(20,21)18(10-15(16)19)14-5-3-2-4-13(14)17/h2-9H,10H2,1H3. The van der Waals surface area contributed by atoms with Crippen molar-refractivity contribution in [2.24, 2.45) is 0 Å². The second-order valence-electron chi connectivity index (χ2n) is 4.63. The highest BCUT2D eigenvalue weighted by Crippen LogP contribution is 2.26. The molecule has 0 radical (unpaired) electrons. The molecule has 0 heterocycles. The quantitative estimate of drug-likeness (QED) is 0.785. The molecule has 0 spiro atoms. The van der Waals surface area contributed by atoms with E-state index in [9.17, 15) is 17.6 Å². The van der Waals surface area contributed by atoms with Crippen LogP contribution in [0.5, 0.6) is 0 Å². The fourth-order valence-corrected chi connectivity index (χ4v) is 3.52. The molecule has 0 aromatic heterocycles. The summed E-state index contributed by atoms with van der Waals surface area (Å²) in [5, 5.41) is -0.904. The van der Waals surface area contributed by atoms with Gasteiger partial charge in [0.05, 0.1) is 10.6 Å². The van der Waals surface area contributed by atoms with Crippen LogP contribution in [0.3, 0.4) is 0 Å². The summed E-state index contributed by atoms with van der Waals surface area (Å²) in [5.41, 5.74) is 0.655. The minimum absolute atomic E-state index is 0.0423. The summed E-state index contributed by atoms with van der Waals surface area (Å²) in [5.74, 6) is -0.754. The number of rotatable bonds is 5. The number of hydrogen-bond donors (Lipinski definition) is 0. The van der Waals surface area contributed by atoms with Gasteiger partial charge in [-0.05, 0) is 42.8 Å². The van der Waals surface area contributed by atoms with Gasteiger partial charge in [-0.1, -0.05) is 29.8 Å². The van der Waals surface area contributed by atoms with Crippen molar-refractivity contribution >= 4 is 32.6 Å². The molecule has 0 unspecified atom stereocenters. The first kappa shape index (κ1) is 16.5. The van der Waals surface area contributed by atoms with Gasteiger partial charge < -0.3 is 0 Å². The van der Waals surface area contributed by atoms with E-state index in [0.29, 0.717) is 4.31 Å². The van der Waals surface area contributed by atoms with Gasteiger partial charge in [0.2, 0.25) is 5.24 Å². The third kappa shape index (κ3) is 3.45. The Balaban J connectivity index is 2.56. The number of nitrogens with zero attached hydrogens (tertiary/aromatic N) is 1. The predicted octanol–water partition coefficient (Wildman–Crippen LogP) is 3.09. The lowest BCUT2D eigenvalue weighted by Crippen LogP contribution is -2.35. The molecule has 0 fully saturated rings. The van der Waals surface area contributed by atoms with Crippen molar-refractivity contribution in [3.05, 3.63) is 59.9 Å². The first-order valence-electron chi connectivity index (χ1n) is 6.34. The zero-order chi connectivity index (χ0) is 16.3. The van der Waals surface area contributed by atoms with Crippen molar-refractivity contribution in [2.75, 3.05) is 10.8 Å². The molecule has 0 N–H and O–H groups in total. The molecule has 7 heteroatoms. The summed E-state index contributed by atoms with van der Waals surface area (Å²) in [6.07, 6.45) is 0. The molecule has 0 atom stereocenters. The first-order valence-corrected chi connectivity index (χ1v) is 8.16. The molecule has 0 amide bonds. The molecule has 2 aromatic rings. The fourth-order valence-electron chi connectivity index (χ4n) is 1.90. The molecule has 116 valence electrons. The van der Waals surface area contributed by atoms with Crippen molar-refractivity contribution in [3.63, 3.8) is 0 Å². The first-order chi connectivity index (χ1) is 10.3. The van der Waals surface area contributed by atoms with Crippen molar-refractivity contribution in [1.82, 2.24) is 0 Å². The Morgan fingerprint density at radius 3 is 2.27 bits per heavy atom. The van der Waals surface area contributed by atoms with Crippen LogP contribution in [-0.4, -0.2) is 20.2 Å². The summed E-state index contributed by atoms with van der Waals surface area (Å²) in [4.78, 5) is 11.2. The van der Waals surface area contributed by atoms with Crippen LogP contribution in [0.4, 0.5) is 10.1 Å². The number of halogens is 2. The number of anilines is 1. The Bertz CT molecular complexity index is 791. The van der Waals surface area contributed by atoms with Gasteiger partial charge in [0.15, 0.2) is 0 Å². The van der Waals surface area contributed by atoms with E-state index in [4.69, 9.17) is 11.6 Å². The number of para-hydroxylation sites is 1. The smallest absolute Gasteiger partial charge is 0.264 e. The van der Waals surface area contributed by atoms with Gasteiger partial charge in [-0.25, -0.2) is 12.8 Å². The van der Waals surface area contributed by atoms with Gasteiger partial charge >= 0.3 is 0 Å². The van der Waals surface area contributed by atoms with Crippen molar-refractivity contribution in [2.45, 2.75) is 11.8 Å². The van der Waals surface area contributed by atoms with Crippen LogP contribution in [0.15, 0.2) is 53.4 Å². The average molecular weight is 342 g/mol. The Morgan fingerprint density at radius 1 is 1.14 bits per heavy atom. The van der Waals surface area contributed by atoms with Gasteiger partial charge in [-0.2, -0.15) is 0 Å². The lowest BCUT2D eigenvalue weighted by atomic mass is 10.2. The van der Waals surface area contributed by atoms with Crippen molar-refractivity contribution in [3.8, 4) is 0 Å². The molecular weight excluding hydrogens is 329 g/mol. The van der Waals surface area contributed by atoms with Crippen LogP contribution < -0.4 is 4.31 Å². The Kier molecular flexibility index (Phi) is 4.83. The molecule has 0 saturated carbocycles. The minimum Gasteiger partial charge on any atom is -0.279 e. The lowest BCUT2D eigenvalue weighted by Gasteiger charge is -2.23. The summed E-state index contributed by atoms with van der Waals surface area (Å²) in [7, 11) is -4.10. The maximum atomic E-state index is 13.9. The Labute approximate surface area is 133 Å². The van der Waals surface area contributed by atoms with Crippen LogP contribution >= 0.6 is 11.6 Å². The SMILES string of the molecule is Cc1ccc(S(=O)(=O)N(CC(=O)Cl)c2ccccc2F)cc1. The largest absolute Gasteiger partial charge is 0.279 e. The molecular formula is C15H13ClFNO3S. The summed E-state index contributed by atoms with van der Waals surface area (Å²) >= 11 is 5.33. The van der Waals surface area contributed by atoms with Crippen molar-refractivity contribution in [1.29, 1.82) is 0 Å². The maximum Gasteiger partial charge on any atom is 0.264 e. The van der Waals surface area contributed by atoms with Gasteiger partial charge in [-0.15, -0.1) is 0 Å². The monoisotopic (exact) mass is 341 g/mol. The molecule has 0 aliphatic carbocycles. The lowest BCUT2D eigenvalue weighted by molar-refractivity contribution is -0.110. The average Bonchev–Trinajstić information content (AvgIpc) is 2.46. The Morgan fingerprint density at radius 2 is 1.73 bits per heavy atom. The molecule has 2 rings (SSSR count). The fraction of sp³-hybridized carbons (Fsp3) is 0.133.